The monoisotopic (exact) mass is 167 g/mol. The van der Waals surface area contributed by atoms with E-state index in [0.717, 1.165) is 25.8 Å². The number of hydrogen-bond acceptors (Lipinski definition) is 1. The Labute approximate surface area is 71.7 Å². The van der Waals surface area contributed by atoms with Crippen molar-refractivity contribution >= 4 is 6.09 Å². The highest BCUT2D eigenvalue weighted by Gasteiger charge is 2.35. The summed E-state index contributed by atoms with van der Waals surface area (Å²) in [5, 5.41) is 8.84. The number of hydrogen-bond donors (Lipinski definition) is 1. The van der Waals surface area contributed by atoms with Crippen LogP contribution in [0, 0.1) is 5.92 Å². The molecule has 1 fully saturated rings. The molecule has 1 aliphatic heterocycles. The largest absolute Gasteiger partial charge is 0.465 e. The van der Waals surface area contributed by atoms with E-state index in [9.17, 15) is 4.79 Å². The highest BCUT2D eigenvalue weighted by Crippen LogP contribution is 2.32. The third-order valence-corrected chi connectivity index (χ3v) is 2.87. The normalized spacial score (nSPS) is 33.5. The van der Waals surface area contributed by atoms with Crippen LogP contribution in [0.25, 0.3) is 0 Å². The number of allylic oxidation sites excluding steroid dienone is 1. The number of carboxylic acid groups (broad SMARTS) is 1. The molecule has 2 atom stereocenters. The number of nitrogens with zero attached hydrogens (tertiary/aromatic N) is 1. The maximum atomic E-state index is 10.7. The number of fused-ring (bicyclic) bond motifs is 1. The Kier molecular flexibility index (Phi) is 1.79. The SMILES string of the molecule is O=C(O)N1CCC2CCC=CC21. The number of likely N-dealkylation sites (tertiary alicyclic amines) is 1. The fraction of sp³-hybridized carbons (Fsp3) is 0.667. The average Bonchev–Trinajstić information content (AvgIpc) is 2.47. The predicted molar refractivity (Wildman–Crippen MR) is 45.0 cm³/mol. The van der Waals surface area contributed by atoms with Gasteiger partial charge in [0.05, 0.1) is 6.04 Å². The van der Waals surface area contributed by atoms with Gasteiger partial charge in [0.1, 0.15) is 0 Å². The van der Waals surface area contributed by atoms with Crippen molar-refractivity contribution in [3.63, 3.8) is 0 Å². The molecule has 2 unspecified atom stereocenters. The lowest BCUT2D eigenvalue weighted by Gasteiger charge is -2.25. The van der Waals surface area contributed by atoms with Crippen LogP contribution >= 0.6 is 0 Å². The van der Waals surface area contributed by atoms with E-state index in [4.69, 9.17) is 5.11 Å². The van der Waals surface area contributed by atoms with Gasteiger partial charge in [0.25, 0.3) is 0 Å². The van der Waals surface area contributed by atoms with Gasteiger partial charge in [-0.25, -0.2) is 4.79 Å². The summed E-state index contributed by atoms with van der Waals surface area (Å²) in [7, 11) is 0. The quantitative estimate of drug-likeness (QED) is 0.558. The van der Waals surface area contributed by atoms with Gasteiger partial charge >= 0.3 is 6.09 Å². The second-order valence-corrected chi connectivity index (χ2v) is 3.52. The van der Waals surface area contributed by atoms with E-state index in [-0.39, 0.29) is 6.04 Å². The number of amides is 1. The second kappa shape index (κ2) is 2.81. The Morgan fingerprint density at radius 3 is 3.08 bits per heavy atom. The van der Waals surface area contributed by atoms with Crippen LogP contribution in [-0.4, -0.2) is 28.7 Å². The summed E-state index contributed by atoms with van der Waals surface area (Å²) in [4.78, 5) is 12.3. The van der Waals surface area contributed by atoms with Gasteiger partial charge in [0.15, 0.2) is 0 Å². The maximum Gasteiger partial charge on any atom is 0.407 e. The van der Waals surface area contributed by atoms with Crippen LogP contribution in [0.5, 0.6) is 0 Å². The Morgan fingerprint density at radius 2 is 2.33 bits per heavy atom. The Balaban J connectivity index is 2.15. The fourth-order valence-corrected chi connectivity index (χ4v) is 2.22. The van der Waals surface area contributed by atoms with Crippen molar-refractivity contribution < 1.29 is 9.90 Å². The molecule has 0 aromatic heterocycles. The van der Waals surface area contributed by atoms with Crippen LogP contribution in [0.4, 0.5) is 4.79 Å². The average molecular weight is 167 g/mol. The van der Waals surface area contributed by atoms with Crippen LogP contribution in [0.15, 0.2) is 12.2 Å². The molecule has 0 aromatic carbocycles. The van der Waals surface area contributed by atoms with Gasteiger partial charge in [-0.2, -0.15) is 0 Å². The van der Waals surface area contributed by atoms with E-state index in [1.54, 1.807) is 4.90 Å². The van der Waals surface area contributed by atoms with Crippen LogP contribution in [0.1, 0.15) is 19.3 Å². The van der Waals surface area contributed by atoms with E-state index >= 15 is 0 Å². The summed E-state index contributed by atoms with van der Waals surface area (Å²) in [5.74, 6) is 0.589. The zero-order valence-electron chi connectivity index (χ0n) is 6.94. The van der Waals surface area contributed by atoms with Gasteiger partial charge in [-0.1, -0.05) is 12.2 Å². The lowest BCUT2D eigenvalue weighted by Crippen LogP contribution is -2.36. The minimum atomic E-state index is -0.769. The number of rotatable bonds is 0. The van der Waals surface area contributed by atoms with Crippen molar-refractivity contribution in [2.45, 2.75) is 25.3 Å². The van der Waals surface area contributed by atoms with Crippen molar-refractivity contribution in [1.82, 2.24) is 4.90 Å². The summed E-state index contributed by atoms with van der Waals surface area (Å²) in [6, 6.07) is 0.177. The summed E-state index contributed by atoms with van der Waals surface area (Å²) in [5.41, 5.74) is 0. The van der Waals surface area contributed by atoms with Gasteiger partial charge in [-0.15, -0.1) is 0 Å². The van der Waals surface area contributed by atoms with E-state index in [1.165, 1.54) is 0 Å². The molecule has 3 heteroatoms. The molecule has 0 saturated carbocycles. The first-order chi connectivity index (χ1) is 5.79. The molecule has 1 amide bonds. The number of carbonyl (C=O) groups is 1. The van der Waals surface area contributed by atoms with Crippen LogP contribution in [0.3, 0.4) is 0 Å². The van der Waals surface area contributed by atoms with Crippen LogP contribution in [0.2, 0.25) is 0 Å². The highest BCUT2D eigenvalue weighted by molar-refractivity contribution is 5.66. The van der Waals surface area contributed by atoms with Crippen molar-refractivity contribution in [1.29, 1.82) is 0 Å². The summed E-state index contributed by atoms with van der Waals surface area (Å²) in [6.07, 6.45) is 6.70. The molecule has 0 radical (unpaired) electrons. The van der Waals surface area contributed by atoms with E-state index in [2.05, 4.69) is 12.2 Å². The highest BCUT2D eigenvalue weighted by atomic mass is 16.4. The van der Waals surface area contributed by atoms with Gasteiger partial charge < -0.3 is 10.0 Å². The predicted octanol–water partition coefficient (Wildman–Crippen LogP) is 1.70. The van der Waals surface area contributed by atoms with Crippen molar-refractivity contribution in [2.24, 2.45) is 5.92 Å². The Bertz CT molecular complexity index is 225. The first-order valence-corrected chi connectivity index (χ1v) is 4.45. The Morgan fingerprint density at radius 1 is 1.50 bits per heavy atom. The molecule has 1 saturated heterocycles. The lowest BCUT2D eigenvalue weighted by atomic mass is 9.90. The molecule has 0 spiro atoms. The first-order valence-electron chi connectivity index (χ1n) is 4.45. The molecule has 1 N–H and O–H groups in total. The molecule has 1 heterocycles. The van der Waals surface area contributed by atoms with E-state index in [0.29, 0.717) is 5.92 Å². The third kappa shape index (κ3) is 1.09. The molecule has 12 heavy (non-hydrogen) atoms. The van der Waals surface area contributed by atoms with Crippen LogP contribution < -0.4 is 0 Å². The van der Waals surface area contributed by atoms with Gasteiger partial charge in [-0.05, 0) is 25.2 Å². The second-order valence-electron chi connectivity index (χ2n) is 3.52. The topological polar surface area (TPSA) is 40.5 Å². The molecule has 3 nitrogen and oxygen atoms in total. The maximum absolute atomic E-state index is 10.7. The molecular formula is C9H13NO2. The minimum absolute atomic E-state index is 0.177. The molecule has 0 aromatic rings. The lowest BCUT2D eigenvalue weighted by molar-refractivity contribution is 0.142. The van der Waals surface area contributed by atoms with E-state index < -0.39 is 6.09 Å². The summed E-state index contributed by atoms with van der Waals surface area (Å²) in [6.45, 7) is 0.717. The standard InChI is InChI=1S/C9H13NO2/c11-9(12)10-6-5-7-3-1-2-4-8(7)10/h2,4,7-8H,1,3,5-6H2,(H,11,12). The minimum Gasteiger partial charge on any atom is -0.465 e. The smallest absolute Gasteiger partial charge is 0.407 e. The summed E-state index contributed by atoms with van der Waals surface area (Å²) < 4.78 is 0. The molecule has 1 aliphatic carbocycles. The molecule has 66 valence electrons. The molecule has 0 bridgehead atoms. The van der Waals surface area contributed by atoms with Gasteiger partial charge in [0.2, 0.25) is 0 Å². The van der Waals surface area contributed by atoms with Gasteiger partial charge in [0, 0.05) is 6.54 Å². The van der Waals surface area contributed by atoms with Crippen molar-refractivity contribution in [3.05, 3.63) is 12.2 Å². The zero-order chi connectivity index (χ0) is 8.55. The molecular weight excluding hydrogens is 154 g/mol. The fourth-order valence-electron chi connectivity index (χ4n) is 2.22. The zero-order valence-corrected chi connectivity index (χ0v) is 6.94. The van der Waals surface area contributed by atoms with E-state index in [1.807, 2.05) is 0 Å². The Hall–Kier alpha value is -0.990. The summed E-state index contributed by atoms with van der Waals surface area (Å²) >= 11 is 0. The van der Waals surface area contributed by atoms with Crippen LogP contribution in [-0.2, 0) is 0 Å². The molecule has 2 aliphatic rings. The van der Waals surface area contributed by atoms with Crippen molar-refractivity contribution in [2.75, 3.05) is 6.54 Å². The molecule has 2 rings (SSSR count). The first kappa shape index (κ1) is 7.65. The van der Waals surface area contributed by atoms with Crippen molar-refractivity contribution in [3.8, 4) is 0 Å². The third-order valence-electron chi connectivity index (χ3n) is 2.87. The van der Waals surface area contributed by atoms with Gasteiger partial charge in [-0.3, -0.25) is 0 Å².